The van der Waals surface area contributed by atoms with E-state index in [1.54, 1.807) is 4.90 Å². The van der Waals surface area contributed by atoms with E-state index in [0.29, 0.717) is 19.5 Å². The topological polar surface area (TPSA) is 106 Å². The maximum Gasteiger partial charge on any atom is 0.334 e. The van der Waals surface area contributed by atoms with Crippen molar-refractivity contribution in [3.63, 3.8) is 0 Å². The number of likely N-dealkylation sites (tertiary alicyclic amines) is 2. The second-order valence-electron chi connectivity index (χ2n) is 6.36. The maximum absolute atomic E-state index is 12.6. The van der Waals surface area contributed by atoms with Crippen molar-refractivity contribution in [3.05, 3.63) is 0 Å². The van der Waals surface area contributed by atoms with Crippen LogP contribution in [-0.2, 0) is 14.4 Å². The Morgan fingerprint density at radius 1 is 1.33 bits per heavy atom. The first kappa shape index (κ1) is 15.9. The summed E-state index contributed by atoms with van der Waals surface area (Å²) in [4.78, 5) is 39.4. The van der Waals surface area contributed by atoms with E-state index in [1.165, 1.54) is 11.8 Å². The summed E-state index contributed by atoms with van der Waals surface area (Å²) < 4.78 is 0. The van der Waals surface area contributed by atoms with Gasteiger partial charge in [0.25, 0.3) is 5.91 Å². The summed E-state index contributed by atoms with van der Waals surface area (Å²) in [6.45, 7) is 5.98. The third kappa shape index (κ3) is 2.34. The number of hydrogen-bond acceptors (Lipinski definition) is 4. The quantitative estimate of drug-likeness (QED) is 0.607. The molecule has 0 aromatic rings. The van der Waals surface area contributed by atoms with Gasteiger partial charge in [-0.25, -0.2) is 4.79 Å². The number of aliphatic hydroxyl groups excluding tert-OH is 1. The highest BCUT2D eigenvalue weighted by molar-refractivity contribution is 5.99. The summed E-state index contributed by atoms with van der Waals surface area (Å²) in [5.74, 6) is -0.913. The second kappa shape index (κ2) is 5.38. The number of β-lactam (4-membered cyclic amide) rings is 1. The molecular weight excluding hydrogens is 274 g/mol. The third-order valence-electron chi connectivity index (χ3n) is 4.46. The molecule has 7 heteroatoms. The molecule has 0 aliphatic carbocycles. The van der Waals surface area contributed by atoms with Crippen LogP contribution in [0.5, 0.6) is 0 Å². The van der Waals surface area contributed by atoms with Crippen LogP contribution in [-0.4, -0.2) is 63.4 Å². The van der Waals surface area contributed by atoms with Gasteiger partial charge in [0.1, 0.15) is 5.54 Å². The van der Waals surface area contributed by atoms with Crippen molar-refractivity contribution in [1.29, 1.82) is 0 Å². The minimum Gasteiger partial charge on any atom is -0.391 e. The van der Waals surface area contributed by atoms with Gasteiger partial charge in [-0.15, -0.1) is 0 Å². The van der Waals surface area contributed by atoms with Gasteiger partial charge in [-0.05, 0) is 19.8 Å². The minimum atomic E-state index is -0.966. The molecule has 1 spiro atoms. The average Bonchev–Trinajstić information content (AvgIpc) is 2.82. The molecule has 0 aromatic carbocycles. The van der Waals surface area contributed by atoms with Gasteiger partial charge >= 0.3 is 5.91 Å². The molecule has 2 heterocycles. The van der Waals surface area contributed by atoms with E-state index in [2.05, 4.69) is 5.73 Å². The minimum absolute atomic E-state index is 0.0324. The highest BCUT2D eigenvalue weighted by Crippen LogP contribution is 2.40. The number of amides is 3. The van der Waals surface area contributed by atoms with Crippen LogP contribution in [0, 0.1) is 5.92 Å². The second-order valence-corrected chi connectivity index (χ2v) is 6.36. The van der Waals surface area contributed by atoms with Crippen molar-refractivity contribution in [2.75, 3.05) is 13.1 Å². The Labute approximate surface area is 124 Å². The summed E-state index contributed by atoms with van der Waals surface area (Å²) in [7, 11) is 0. The van der Waals surface area contributed by atoms with Crippen LogP contribution in [0.1, 0.15) is 33.6 Å². The van der Waals surface area contributed by atoms with Crippen LogP contribution in [0.2, 0.25) is 0 Å². The molecule has 2 rings (SSSR count). The Morgan fingerprint density at radius 3 is 2.38 bits per heavy atom. The zero-order chi connectivity index (χ0) is 15.9. The molecule has 21 heavy (non-hydrogen) atoms. The summed E-state index contributed by atoms with van der Waals surface area (Å²) in [6.07, 6.45) is 0.445. The first-order valence-electron chi connectivity index (χ1n) is 7.39. The lowest BCUT2D eigenvalue weighted by atomic mass is 9.83. The smallest absolute Gasteiger partial charge is 0.334 e. The average molecular weight is 298 g/mol. The molecule has 2 aliphatic heterocycles. The zero-order valence-corrected chi connectivity index (χ0v) is 12.8. The highest BCUT2D eigenvalue weighted by atomic mass is 16.3. The van der Waals surface area contributed by atoms with Crippen LogP contribution in [0.15, 0.2) is 0 Å². The van der Waals surface area contributed by atoms with Crippen LogP contribution < -0.4 is 5.73 Å². The molecule has 0 radical (unpaired) electrons. The number of carbonyl (C=O) groups excluding carboxylic acids is 3. The third-order valence-corrected chi connectivity index (χ3v) is 4.46. The van der Waals surface area contributed by atoms with Crippen molar-refractivity contribution >= 4 is 17.7 Å². The number of nitrogens with zero attached hydrogens (tertiary/aromatic N) is 2. The molecule has 2 saturated heterocycles. The van der Waals surface area contributed by atoms with Gasteiger partial charge in [-0.1, -0.05) is 13.8 Å². The Morgan fingerprint density at radius 2 is 1.95 bits per heavy atom. The van der Waals surface area contributed by atoms with E-state index < -0.39 is 23.6 Å². The SMILES string of the molecule is CC(C)C(=O)N1CCCC12CN(C(C([NH3+])=O)C(C)O)C2=O. The molecule has 3 unspecified atom stereocenters. The molecule has 118 valence electrons. The van der Waals surface area contributed by atoms with Gasteiger partial charge in [0.2, 0.25) is 5.91 Å². The zero-order valence-electron chi connectivity index (χ0n) is 12.8. The predicted octanol–water partition coefficient (Wildman–Crippen LogP) is -1.64. The maximum atomic E-state index is 12.6. The number of rotatable bonds is 4. The molecular formula is C14H24N3O4+. The monoisotopic (exact) mass is 298 g/mol. The van der Waals surface area contributed by atoms with Gasteiger partial charge in [0, 0.05) is 12.5 Å². The Hall–Kier alpha value is -1.47. The molecule has 7 nitrogen and oxygen atoms in total. The van der Waals surface area contributed by atoms with Crippen LogP contribution in [0.3, 0.4) is 0 Å². The Kier molecular flexibility index (Phi) is 4.08. The molecule has 0 saturated carbocycles. The van der Waals surface area contributed by atoms with Crippen molar-refractivity contribution in [2.24, 2.45) is 5.92 Å². The van der Waals surface area contributed by atoms with Gasteiger partial charge in [-0.2, -0.15) is 0 Å². The van der Waals surface area contributed by atoms with Gasteiger partial charge in [-0.3, -0.25) is 15.3 Å². The fourth-order valence-corrected chi connectivity index (χ4v) is 3.42. The molecule has 4 N–H and O–H groups in total. The predicted molar refractivity (Wildman–Crippen MR) is 73.6 cm³/mol. The largest absolute Gasteiger partial charge is 0.391 e. The summed E-state index contributed by atoms with van der Waals surface area (Å²) in [5, 5.41) is 9.70. The number of aliphatic hydroxyl groups is 1. The molecule has 2 aliphatic rings. The van der Waals surface area contributed by atoms with E-state index >= 15 is 0 Å². The normalized spacial score (nSPS) is 28.0. The first-order chi connectivity index (χ1) is 9.72. The van der Waals surface area contributed by atoms with E-state index in [9.17, 15) is 19.5 Å². The lowest BCUT2D eigenvalue weighted by molar-refractivity contribution is -0.315. The molecule has 3 atom stereocenters. The van der Waals surface area contributed by atoms with Crippen LogP contribution in [0.25, 0.3) is 0 Å². The van der Waals surface area contributed by atoms with E-state index in [-0.39, 0.29) is 17.7 Å². The number of hydrogen-bond donors (Lipinski definition) is 2. The lowest BCUT2D eigenvalue weighted by Crippen LogP contribution is -2.80. The summed E-state index contributed by atoms with van der Waals surface area (Å²) >= 11 is 0. The fourth-order valence-electron chi connectivity index (χ4n) is 3.42. The van der Waals surface area contributed by atoms with Crippen molar-refractivity contribution < 1.29 is 25.2 Å². The first-order valence-corrected chi connectivity index (χ1v) is 7.39. The molecule has 2 fully saturated rings. The van der Waals surface area contributed by atoms with Gasteiger partial charge in [0.05, 0.1) is 12.6 Å². The highest BCUT2D eigenvalue weighted by Gasteiger charge is 2.62. The molecule has 3 amide bonds. The van der Waals surface area contributed by atoms with Crippen LogP contribution in [0.4, 0.5) is 0 Å². The van der Waals surface area contributed by atoms with Crippen molar-refractivity contribution in [2.45, 2.75) is 51.3 Å². The van der Waals surface area contributed by atoms with E-state index in [1.807, 2.05) is 13.8 Å². The Bertz CT molecular complexity index is 477. The Balaban J connectivity index is 2.20. The number of quaternary nitrogens is 1. The molecule has 0 aromatic heterocycles. The number of carbonyl (C=O) groups is 3. The molecule has 0 bridgehead atoms. The van der Waals surface area contributed by atoms with Crippen molar-refractivity contribution in [1.82, 2.24) is 9.80 Å². The van der Waals surface area contributed by atoms with Gasteiger partial charge in [0.15, 0.2) is 6.04 Å². The van der Waals surface area contributed by atoms with Crippen LogP contribution >= 0.6 is 0 Å². The van der Waals surface area contributed by atoms with E-state index in [4.69, 9.17) is 0 Å². The summed E-state index contributed by atoms with van der Waals surface area (Å²) in [6, 6.07) is -0.917. The van der Waals surface area contributed by atoms with Crippen molar-refractivity contribution in [3.8, 4) is 0 Å². The van der Waals surface area contributed by atoms with E-state index in [0.717, 1.165) is 6.42 Å². The lowest BCUT2D eigenvalue weighted by Gasteiger charge is -2.53. The summed E-state index contributed by atoms with van der Waals surface area (Å²) in [5.41, 5.74) is 2.52. The standard InChI is InChI=1S/C14H23N3O4/c1-8(2)12(20)17-6-4-5-14(17)7-16(13(14)21)10(9(3)18)11(15)19/h8-10,18H,4-7H2,1-3H3,(H2,15,19)/p+1. The fraction of sp³-hybridized carbons (Fsp3) is 0.786. The van der Waals surface area contributed by atoms with Gasteiger partial charge < -0.3 is 14.9 Å².